The first-order chi connectivity index (χ1) is 7.56. The van der Waals surface area contributed by atoms with E-state index >= 15 is 0 Å². The fraction of sp³-hybridized carbons (Fsp3) is 0.333. The van der Waals surface area contributed by atoms with Crippen molar-refractivity contribution in [3.8, 4) is 5.75 Å². The van der Waals surface area contributed by atoms with Gasteiger partial charge in [0.05, 0.1) is 11.4 Å². The maximum atomic E-state index is 5.95. The number of hydrogen-bond donors (Lipinski definition) is 0. The van der Waals surface area contributed by atoms with Gasteiger partial charge in [-0.1, -0.05) is 24.1 Å². The first-order valence-corrected chi connectivity index (χ1v) is 5.62. The summed E-state index contributed by atoms with van der Waals surface area (Å²) in [6, 6.07) is 8.13. The molecule has 0 amide bonds. The molecule has 0 bridgehead atoms. The van der Waals surface area contributed by atoms with Gasteiger partial charge in [-0.25, -0.2) is 0 Å². The standard InChI is InChI=1S/C15H17O.2ClH.Ti/c1-15(2,3)16-14-11-7-6-10-13(14)12-8-4-5-9-12;;;/h4,6-8,10-11H,5H2,1-3H3;2*1H;/q-1;;;. The third-order valence-electron chi connectivity index (χ3n) is 2.29. The molecule has 0 heterocycles. The van der Waals surface area contributed by atoms with E-state index in [1.807, 2.05) is 18.2 Å². The summed E-state index contributed by atoms with van der Waals surface area (Å²) in [5.74, 6) is 0.934. The van der Waals surface area contributed by atoms with E-state index in [1.165, 1.54) is 0 Å². The van der Waals surface area contributed by atoms with Crippen molar-refractivity contribution >= 4 is 30.4 Å². The van der Waals surface area contributed by atoms with Gasteiger partial charge in [0, 0.05) is 21.7 Å². The molecule has 0 saturated heterocycles. The minimum Gasteiger partial charge on any atom is -0.500 e. The summed E-state index contributed by atoms with van der Waals surface area (Å²) in [6.45, 7) is 6.19. The summed E-state index contributed by atoms with van der Waals surface area (Å²) in [5, 5.41) is 0. The number of allylic oxidation sites excluding steroid dienone is 4. The number of halogens is 2. The van der Waals surface area contributed by atoms with Gasteiger partial charge in [0.1, 0.15) is 0 Å². The van der Waals surface area contributed by atoms with Crippen LogP contribution < -0.4 is 4.74 Å². The molecular formula is C15H19Cl2OTi-. The van der Waals surface area contributed by atoms with Crippen molar-refractivity contribution in [3.05, 3.63) is 48.1 Å². The van der Waals surface area contributed by atoms with Crippen LogP contribution in [0.1, 0.15) is 32.8 Å². The van der Waals surface area contributed by atoms with E-state index < -0.39 is 0 Å². The van der Waals surface area contributed by atoms with Crippen molar-refractivity contribution in [1.29, 1.82) is 0 Å². The van der Waals surface area contributed by atoms with Crippen molar-refractivity contribution in [3.63, 3.8) is 0 Å². The Morgan fingerprint density at radius 2 is 1.74 bits per heavy atom. The molecule has 1 aromatic carbocycles. The van der Waals surface area contributed by atoms with Crippen LogP contribution in [-0.2, 0) is 21.7 Å². The summed E-state index contributed by atoms with van der Waals surface area (Å²) in [4.78, 5) is 0. The Bertz CT molecular complexity index is 448. The summed E-state index contributed by atoms with van der Waals surface area (Å²) in [7, 11) is 0. The average molecular weight is 334 g/mol. The minimum absolute atomic E-state index is 0. The largest absolute Gasteiger partial charge is 0.500 e. The topological polar surface area (TPSA) is 9.23 Å². The van der Waals surface area contributed by atoms with Crippen molar-refractivity contribution in [2.45, 2.75) is 32.8 Å². The van der Waals surface area contributed by atoms with Crippen LogP contribution in [0.25, 0.3) is 5.57 Å². The van der Waals surface area contributed by atoms with Gasteiger partial charge in [0.25, 0.3) is 0 Å². The predicted molar refractivity (Wildman–Crippen MR) is 81.7 cm³/mol. The van der Waals surface area contributed by atoms with Gasteiger partial charge in [0.15, 0.2) is 0 Å². The van der Waals surface area contributed by atoms with Gasteiger partial charge >= 0.3 is 0 Å². The van der Waals surface area contributed by atoms with Crippen molar-refractivity contribution in [1.82, 2.24) is 0 Å². The molecular weight excluding hydrogens is 315 g/mol. The molecule has 1 aliphatic rings. The molecule has 0 spiro atoms. The second-order valence-corrected chi connectivity index (χ2v) is 4.91. The van der Waals surface area contributed by atoms with E-state index in [0.717, 1.165) is 23.3 Å². The summed E-state index contributed by atoms with van der Waals surface area (Å²) in [6.07, 6.45) is 8.44. The van der Waals surface area contributed by atoms with E-state index in [1.54, 1.807) is 0 Å². The van der Waals surface area contributed by atoms with Gasteiger partial charge in [0.2, 0.25) is 0 Å². The minimum atomic E-state index is -0.168. The van der Waals surface area contributed by atoms with Crippen LogP contribution in [0.3, 0.4) is 0 Å². The Labute approximate surface area is 143 Å². The van der Waals surface area contributed by atoms with Crippen LogP contribution >= 0.6 is 24.8 Å². The van der Waals surface area contributed by atoms with Crippen LogP contribution in [0.4, 0.5) is 0 Å². The van der Waals surface area contributed by atoms with E-state index in [9.17, 15) is 0 Å². The van der Waals surface area contributed by atoms with E-state index in [-0.39, 0.29) is 52.1 Å². The molecule has 1 nitrogen and oxygen atoms in total. The van der Waals surface area contributed by atoms with Crippen molar-refractivity contribution < 1.29 is 26.5 Å². The molecule has 2 rings (SSSR count). The first kappa shape index (κ1) is 21.1. The number of ether oxygens (including phenoxy) is 1. The van der Waals surface area contributed by atoms with Crippen LogP contribution in [0.5, 0.6) is 5.75 Å². The van der Waals surface area contributed by atoms with E-state index in [4.69, 9.17) is 4.74 Å². The molecule has 0 aliphatic heterocycles. The molecule has 0 N–H and O–H groups in total. The zero-order valence-corrected chi connectivity index (χ0v) is 14.6. The molecule has 0 fully saturated rings. The third kappa shape index (κ3) is 6.18. The molecule has 1 aromatic rings. The van der Waals surface area contributed by atoms with Gasteiger partial charge in [-0.3, -0.25) is 0 Å². The van der Waals surface area contributed by atoms with Crippen molar-refractivity contribution in [2.75, 3.05) is 0 Å². The molecule has 19 heavy (non-hydrogen) atoms. The Morgan fingerprint density at radius 3 is 2.26 bits per heavy atom. The van der Waals surface area contributed by atoms with E-state index in [2.05, 4.69) is 45.1 Å². The molecule has 0 unspecified atom stereocenters. The fourth-order valence-corrected chi connectivity index (χ4v) is 1.70. The number of rotatable bonds is 2. The van der Waals surface area contributed by atoms with Crippen LogP contribution in [-0.4, -0.2) is 5.60 Å². The van der Waals surface area contributed by atoms with Gasteiger partial charge in [-0.15, -0.1) is 37.0 Å². The number of benzene rings is 1. The van der Waals surface area contributed by atoms with Crippen molar-refractivity contribution in [2.24, 2.45) is 0 Å². The molecule has 0 atom stereocenters. The Kier molecular flexibility index (Phi) is 9.84. The smallest absolute Gasteiger partial charge is 0.0991 e. The van der Waals surface area contributed by atoms with E-state index in [0.29, 0.717) is 0 Å². The zero-order chi connectivity index (χ0) is 11.6. The fourth-order valence-electron chi connectivity index (χ4n) is 1.70. The third-order valence-corrected chi connectivity index (χ3v) is 2.29. The van der Waals surface area contributed by atoms with Crippen LogP contribution in [0, 0.1) is 6.08 Å². The SMILES string of the molecule is CC(C)(C)Oc1ccccc1C1=[C-]CC=C1.Cl.Cl.[Ti]. The van der Waals surface area contributed by atoms with Crippen LogP contribution in [0.15, 0.2) is 36.4 Å². The molecule has 0 saturated carbocycles. The second kappa shape index (κ2) is 8.86. The molecule has 104 valence electrons. The van der Waals surface area contributed by atoms with Gasteiger partial charge < -0.3 is 4.74 Å². The Hall–Kier alpha value is -0.206. The van der Waals surface area contributed by atoms with Gasteiger partial charge in [-0.05, 0) is 26.8 Å². The first-order valence-electron chi connectivity index (χ1n) is 5.62. The molecule has 4 heteroatoms. The normalized spacial score (nSPS) is 12.7. The van der Waals surface area contributed by atoms with Gasteiger partial charge in [-0.2, -0.15) is 17.7 Å². The number of hydrogen-bond acceptors (Lipinski definition) is 1. The summed E-state index contributed by atoms with van der Waals surface area (Å²) >= 11 is 0. The molecule has 0 aromatic heterocycles. The summed E-state index contributed by atoms with van der Waals surface area (Å²) in [5.41, 5.74) is 2.10. The number of para-hydroxylation sites is 1. The van der Waals surface area contributed by atoms with Crippen LogP contribution in [0.2, 0.25) is 0 Å². The zero-order valence-electron chi connectivity index (χ0n) is 11.4. The Balaban J connectivity index is 0. The second-order valence-electron chi connectivity index (χ2n) is 4.91. The Morgan fingerprint density at radius 1 is 1.11 bits per heavy atom. The molecule has 1 aliphatic carbocycles. The predicted octanol–water partition coefficient (Wildman–Crippen LogP) is 4.85. The quantitative estimate of drug-likeness (QED) is 0.555. The molecule has 0 radical (unpaired) electrons. The summed E-state index contributed by atoms with van der Waals surface area (Å²) < 4.78 is 5.95. The maximum absolute atomic E-state index is 5.95. The maximum Gasteiger partial charge on any atom is 0.0991 e. The average Bonchev–Trinajstić information content (AvgIpc) is 2.69. The monoisotopic (exact) mass is 333 g/mol.